The lowest BCUT2D eigenvalue weighted by molar-refractivity contribution is 0.661. The zero-order valence-corrected chi connectivity index (χ0v) is 35.9. The van der Waals surface area contributed by atoms with Crippen LogP contribution in [0.4, 0.5) is 0 Å². The van der Waals surface area contributed by atoms with Crippen molar-refractivity contribution < 1.29 is 0 Å². The molecule has 306 valence electrons. The molecular weight excluding hydrogens is 791 g/mol. The fourth-order valence-corrected chi connectivity index (χ4v) is 10.5. The summed E-state index contributed by atoms with van der Waals surface area (Å²) in [6.45, 7) is 4.71. The number of hydrogen-bond donors (Lipinski definition) is 0. The van der Waals surface area contributed by atoms with E-state index in [-0.39, 0.29) is 5.41 Å². The molecule has 0 atom stereocenters. The molecule has 1 aliphatic rings. The first-order chi connectivity index (χ1) is 32.0. The molecule has 0 saturated heterocycles. The Kier molecular flexibility index (Phi) is 8.18. The van der Waals surface area contributed by atoms with Gasteiger partial charge in [-0.05, 0) is 88.0 Å². The third kappa shape index (κ3) is 5.68. The molecule has 65 heavy (non-hydrogen) atoms. The second-order valence-corrected chi connectivity index (χ2v) is 17.6. The molecule has 0 amide bonds. The van der Waals surface area contributed by atoms with Crippen LogP contribution in [-0.4, -0.2) is 24.1 Å². The molecule has 3 heterocycles. The van der Waals surface area contributed by atoms with Crippen molar-refractivity contribution in [2.75, 3.05) is 0 Å². The Balaban J connectivity index is 1.13. The third-order valence-corrected chi connectivity index (χ3v) is 13.6. The quantitative estimate of drug-likeness (QED) is 0.168. The molecule has 13 rings (SSSR count). The summed E-state index contributed by atoms with van der Waals surface area (Å²) >= 11 is 0. The summed E-state index contributed by atoms with van der Waals surface area (Å²) in [6, 6.07) is 76.0. The summed E-state index contributed by atoms with van der Waals surface area (Å²) < 4.78 is 4.85. The Hall–Kier alpha value is -8.41. The molecule has 0 bridgehead atoms. The molecule has 0 unspecified atom stereocenters. The summed E-state index contributed by atoms with van der Waals surface area (Å²) in [5.74, 6) is 1.86. The molecule has 12 aromatic rings. The molecule has 9 aromatic carbocycles. The third-order valence-electron chi connectivity index (χ3n) is 13.6. The molecular formula is C60H41N5. The minimum atomic E-state index is -0.182. The highest BCUT2D eigenvalue weighted by Crippen LogP contribution is 2.51. The van der Waals surface area contributed by atoms with Crippen molar-refractivity contribution in [2.24, 2.45) is 0 Å². The van der Waals surface area contributed by atoms with Gasteiger partial charge in [-0.1, -0.05) is 172 Å². The van der Waals surface area contributed by atoms with Crippen molar-refractivity contribution >= 4 is 43.6 Å². The molecule has 1 aliphatic carbocycles. The Bertz CT molecular complexity index is 3790. The normalized spacial score (nSPS) is 12.9. The van der Waals surface area contributed by atoms with E-state index in [1.807, 2.05) is 36.4 Å². The summed E-state index contributed by atoms with van der Waals surface area (Å²) in [7, 11) is 0. The second kappa shape index (κ2) is 14.3. The van der Waals surface area contributed by atoms with Gasteiger partial charge in [0.15, 0.2) is 17.5 Å². The van der Waals surface area contributed by atoms with Gasteiger partial charge in [0.1, 0.15) is 0 Å². The van der Waals surface area contributed by atoms with Gasteiger partial charge in [-0.2, -0.15) is 0 Å². The van der Waals surface area contributed by atoms with Gasteiger partial charge in [0.2, 0.25) is 0 Å². The zero-order chi connectivity index (χ0) is 43.2. The Morgan fingerprint density at radius 2 is 0.908 bits per heavy atom. The molecule has 3 aromatic heterocycles. The van der Waals surface area contributed by atoms with E-state index < -0.39 is 0 Å². The van der Waals surface area contributed by atoms with Crippen LogP contribution in [0.5, 0.6) is 0 Å². The van der Waals surface area contributed by atoms with E-state index in [1.165, 1.54) is 49.3 Å². The Labute approximate surface area is 376 Å². The smallest absolute Gasteiger partial charge is 0.166 e. The Morgan fingerprint density at radius 3 is 1.63 bits per heavy atom. The van der Waals surface area contributed by atoms with Crippen LogP contribution in [0.2, 0.25) is 0 Å². The lowest BCUT2D eigenvalue weighted by atomic mass is 9.82. The van der Waals surface area contributed by atoms with Gasteiger partial charge < -0.3 is 9.13 Å². The average molecular weight is 832 g/mol. The van der Waals surface area contributed by atoms with Crippen molar-refractivity contribution in [3.63, 3.8) is 0 Å². The largest absolute Gasteiger partial charge is 0.309 e. The van der Waals surface area contributed by atoms with Crippen molar-refractivity contribution in [1.29, 1.82) is 0 Å². The maximum Gasteiger partial charge on any atom is 0.166 e. The van der Waals surface area contributed by atoms with E-state index in [1.54, 1.807) is 0 Å². The summed E-state index contributed by atoms with van der Waals surface area (Å²) in [4.78, 5) is 15.7. The number of rotatable bonds is 6. The lowest BCUT2D eigenvalue weighted by Gasteiger charge is -2.22. The molecule has 0 saturated carbocycles. The standard InChI is InChI=1S/C60H41N5/c1-60(2)49-29-15-12-25-43(49)47-36-48-44-26-13-16-30-51(44)65(55(48)37-50(47)60)54-35-40(42-28-18-32-53-56(42)45-27-14-17-31-52(45)64(53)41-23-10-5-11-24-41)33-34-46(54)59-62-57(38-19-6-3-7-20-38)61-58(63-59)39-21-8-4-9-22-39/h3-37H,1-2H3. The van der Waals surface area contributed by atoms with E-state index in [0.29, 0.717) is 17.5 Å². The van der Waals surface area contributed by atoms with Gasteiger partial charge in [-0.25, -0.2) is 15.0 Å². The second-order valence-electron chi connectivity index (χ2n) is 17.6. The molecule has 0 fully saturated rings. The van der Waals surface area contributed by atoms with E-state index in [4.69, 9.17) is 15.0 Å². The number of fused-ring (bicyclic) bond motifs is 9. The molecule has 0 N–H and O–H groups in total. The zero-order valence-electron chi connectivity index (χ0n) is 35.9. The molecule has 5 heteroatoms. The summed E-state index contributed by atoms with van der Waals surface area (Å²) in [5.41, 5.74) is 16.9. The van der Waals surface area contributed by atoms with Gasteiger partial charge in [0.25, 0.3) is 0 Å². The fourth-order valence-electron chi connectivity index (χ4n) is 10.5. The van der Waals surface area contributed by atoms with Gasteiger partial charge in [0.05, 0.1) is 27.8 Å². The predicted octanol–water partition coefficient (Wildman–Crippen LogP) is 15.0. The first-order valence-electron chi connectivity index (χ1n) is 22.3. The number of para-hydroxylation sites is 3. The number of hydrogen-bond acceptors (Lipinski definition) is 3. The summed E-state index contributed by atoms with van der Waals surface area (Å²) in [5, 5.41) is 4.83. The average Bonchev–Trinajstić information content (AvgIpc) is 3.96. The molecule has 5 nitrogen and oxygen atoms in total. The highest BCUT2D eigenvalue weighted by atomic mass is 15.1. The maximum atomic E-state index is 5.33. The van der Waals surface area contributed by atoms with Crippen LogP contribution in [-0.2, 0) is 5.41 Å². The number of nitrogens with zero attached hydrogens (tertiary/aromatic N) is 5. The van der Waals surface area contributed by atoms with Crippen LogP contribution in [0.3, 0.4) is 0 Å². The monoisotopic (exact) mass is 831 g/mol. The molecule has 0 spiro atoms. The van der Waals surface area contributed by atoms with Crippen LogP contribution < -0.4 is 0 Å². The van der Waals surface area contributed by atoms with E-state index in [9.17, 15) is 0 Å². The molecule has 0 aliphatic heterocycles. The Morgan fingerprint density at radius 1 is 0.338 bits per heavy atom. The van der Waals surface area contributed by atoms with Gasteiger partial charge in [0, 0.05) is 49.3 Å². The van der Waals surface area contributed by atoms with Crippen LogP contribution >= 0.6 is 0 Å². The predicted molar refractivity (Wildman–Crippen MR) is 268 cm³/mol. The van der Waals surface area contributed by atoms with Crippen molar-refractivity contribution in [3.8, 4) is 67.8 Å². The van der Waals surface area contributed by atoms with Crippen LogP contribution in [0, 0.1) is 0 Å². The van der Waals surface area contributed by atoms with E-state index >= 15 is 0 Å². The van der Waals surface area contributed by atoms with E-state index in [0.717, 1.165) is 55.7 Å². The number of aromatic nitrogens is 5. The van der Waals surface area contributed by atoms with E-state index in [2.05, 4.69) is 199 Å². The SMILES string of the molecule is CC1(C)c2ccccc2-c2cc3c4ccccc4n(-c4cc(-c5cccc6c5c5ccccc5n6-c5ccccc5)ccc4-c4nc(-c5ccccc5)nc(-c5ccccc5)n4)c3cc21. The minimum Gasteiger partial charge on any atom is -0.309 e. The first kappa shape index (κ1) is 37.2. The lowest BCUT2D eigenvalue weighted by Crippen LogP contribution is -2.15. The minimum absolute atomic E-state index is 0.182. The highest BCUT2D eigenvalue weighted by molar-refractivity contribution is 6.16. The van der Waals surface area contributed by atoms with Crippen molar-refractivity contribution in [2.45, 2.75) is 19.3 Å². The summed E-state index contributed by atoms with van der Waals surface area (Å²) in [6.07, 6.45) is 0. The first-order valence-corrected chi connectivity index (χ1v) is 22.3. The van der Waals surface area contributed by atoms with Crippen molar-refractivity contribution in [1.82, 2.24) is 24.1 Å². The van der Waals surface area contributed by atoms with Crippen LogP contribution in [0.15, 0.2) is 212 Å². The van der Waals surface area contributed by atoms with Crippen LogP contribution in [0.1, 0.15) is 25.0 Å². The van der Waals surface area contributed by atoms with Crippen LogP contribution in [0.25, 0.3) is 111 Å². The maximum absolute atomic E-state index is 5.33. The molecule has 0 radical (unpaired) electrons. The van der Waals surface area contributed by atoms with Gasteiger partial charge in [-0.3, -0.25) is 0 Å². The van der Waals surface area contributed by atoms with Crippen molar-refractivity contribution in [3.05, 3.63) is 223 Å². The van der Waals surface area contributed by atoms with Gasteiger partial charge in [-0.15, -0.1) is 0 Å². The fraction of sp³-hybridized carbons (Fsp3) is 0.0500. The topological polar surface area (TPSA) is 48.5 Å². The number of benzene rings is 9. The van der Waals surface area contributed by atoms with Gasteiger partial charge >= 0.3 is 0 Å². The highest BCUT2D eigenvalue weighted by Gasteiger charge is 2.36.